The Bertz CT molecular complexity index is 456. The first-order chi connectivity index (χ1) is 6.63. The number of aromatic nitrogens is 2. The molecule has 2 rings (SSSR count). The van der Waals surface area contributed by atoms with Crippen molar-refractivity contribution in [1.82, 2.24) is 15.3 Å². The minimum atomic E-state index is -3.27. The molecule has 6 heteroatoms. The van der Waals surface area contributed by atoms with Crippen molar-refractivity contribution in [2.75, 3.05) is 5.75 Å². The van der Waals surface area contributed by atoms with Crippen LogP contribution in [0.25, 0.3) is 0 Å². The van der Waals surface area contributed by atoms with Crippen molar-refractivity contribution >= 4 is 9.84 Å². The van der Waals surface area contributed by atoms with Crippen LogP contribution in [0.2, 0.25) is 0 Å². The lowest BCUT2D eigenvalue weighted by atomic mass is 10.3. The second-order valence-corrected chi connectivity index (χ2v) is 5.30. The summed E-state index contributed by atoms with van der Waals surface area (Å²) in [7, 11) is -3.27. The van der Waals surface area contributed by atoms with Gasteiger partial charge in [0, 0.05) is 24.8 Å². The summed E-state index contributed by atoms with van der Waals surface area (Å²) in [6.45, 7) is 2.94. The molecule has 76 valence electrons. The molecule has 0 saturated carbocycles. The molecule has 0 amide bonds. The molecule has 0 saturated heterocycles. The second-order valence-electron chi connectivity index (χ2n) is 3.13. The highest BCUT2D eigenvalue weighted by atomic mass is 32.2. The Kier molecular flexibility index (Phi) is 2.24. The number of nitrogens with zero attached hydrogens (tertiary/aromatic N) is 2. The van der Waals surface area contributed by atoms with E-state index in [9.17, 15) is 8.42 Å². The zero-order chi connectivity index (χ0) is 10.2. The normalized spacial score (nSPS) is 15.5. The van der Waals surface area contributed by atoms with Gasteiger partial charge < -0.3 is 5.32 Å². The molecule has 0 fully saturated rings. The number of nitrogens with one attached hydrogen (secondary N) is 1. The summed E-state index contributed by atoms with van der Waals surface area (Å²) in [5.41, 5.74) is 1.78. The highest BCUT2D eigenvalue weighted by Gasteiger charge is 2.19. The molecular formula is C8H11N3O2S. The fraction of sp³-hybridized carbons (Fsp3) is 0.500. The van der Waals surface area contributed by atoms with E-state index in [-0.39, 0.29) is 10.9 Å². The molecule has 0 radical (unpaired) electrons. The second kappa shape index (κ2) is 3.29. The summed E-state index contributed by atoms with van der Waals surface area (Å²) >= 11 is 0. The van der Waals surface area contributed by atoms with Crippen LogP contribution in [0, 0.1) is 0 Å². The fourth-order valence-corrected chi connectivity index (χ4v) is 2.04. The maximum atomic E-state index is 11.5. The Morgan fingerprint density at radius 1 is 1.50 bits per heavy atom. The van der Waals surface area contributed by atoms with Crippen LogP contribution >= 0.6 is 0 Å². The van der Waals surface area contributed by atoms with Gasteiger partial charge in [-0.15, -0.1) is 0 Å². The van der Waals surface area contributed by atoms with Crippen LogP contribution in [0.1, 0.15) is 18.2 Å². The van der Waals surface area contributed by atoms with E-state index in [1.54, 1.807) is 13.1 Å². The van der Waals surface area contributed by atoms with Crippen LogP contribution in [0.15, 0.2) is 11.4 Å². The monoisotopic (exact) mass is 213 g/mol. The third-order valence-corrected chi connectivity index (χ3v) is 3.71. The Labute approximate surface area is 82.5 Å². The van der Waals surface area contributed by atoms with Gasteiger partial charge in [-0.2, -0.15) is 0 Å². The molecule has 0 atom stereocenters. The van der Waals surface area contributed by atoms with Crippen molar-refractivity contribution in [3.8, 4) is 0 Å². The first-order valence-electron chi connectivity index (χ1n) is 4.42. The Morgan fingerprint density at radius 2 is 2.29 bits per heavy atom. The number of hydrogen-bond donors (Lipinski definition) is 1. The van der Waals surface area contributed by atoms with Crippen molar-refractivity contribution in [3.63, 3.8) is 0 Å². The molecule has 0 aliphatic carbocycles. The molecule has 0 aromatic carbocycles. The summed E-state index contributed by atoms with van der Waals surface area (Å²) in [6, 6.07) is 0. The molecular weight excluding hydrogens is 202 g/mol. The minimum absolute atomic E-state index is 0.0409. The van der Waals surface area contributed by atoms with Crippen molar-refractivity contribution in [3.05, 3.63) is 17.5 Å². The molecule has 0 unspecified atom stereocenters. The summed E-state index contributed by atoms with van der Waals surface area (Å²) in [5.74, 6) is 0.0409. The zero-order valence-electron chi connectivity index (χ0n) is 7.82. The SMILES string of the molecule is CCS(=O)(=O)c1ncc2c(n1)CNC2. The van der Waals surface area contributed by atoms with Crippen LogP contribution in [-0.4, -0.2) is 24.1 Å². The van der Waals surface area contributed by atoms with Crippen LogP contribution in [0.5, 0.6) is 0 Å². The Hall–Kier alpha value is -1.01. The highest BCUT2D eigenvalue weighted by molar-refractivity contribution is 7.91. The van der Waals surface area contributed by atoms with Gasteiger partial charge in [-0.3, -0.25) is 0 Å². The van der Waals surface area contributed by atoms with Crippen molar-refractivity contribution < 1.29 is 8.42 Å². The largest absolute Gasteiger partial charge is 0.307 e. The maximum absolute atomic E-state index is 11.5. The first-order valence-corrected chi connectivity index (χ1v) is 6.07. The molecule has 1 aromatic rings. The molecule has 0 bridgehead atoms. The lowest BCUT2D eigenvalue weighted by molar-refractivity contribution is 0.587. The number of fused-ring (bicyclic) bond motifs is 1. The lowest BCUT2D eigenvalue weighted by Crippen LogP contribution is -2.10. The number of rotatable bonds is 2. The number of hydrogen-bond acceptors (Lipinski definition) is 5. The first kappa shape index (κ1) is 9.54. The van der Waals surface area contributed by atoms with Crippen LogP contribution in [-0.2, 0) is 22.9 Å². The predicted molar refractivity (Wildman–Crippen MR) is 50.3 cm³/mol. The molecule has 1 aliphatic rings. The zero-order valence-corrected chi connectivity index (χ0v) is 8.63. The van der Waals surface area contributed by atoms with Crippen molar-refractivity contribution in [2.45, 2.75) is 25.2 Å². The number of sulfone groups is 1. The molecule has 0 spiro atoms. The van der Waals surface area contributed by atoms with E-state index in [0.717, 1.165) is 17.8 Å². The molecule has 2 heterocycles. The van der Waals surface area contributed by atoms with E-state index in [1.165, 1.54) is 0 Å². The maximum Gasteiger partial charge on any atom is 0.247 e. The third-order valence-electron chi connectivity index (χ3n) is 2.20. The van der Waals surface area contributed by atoms with Gasteiger partial charge in [0.1, 0.15) is 0 Å². The molecule has 1 N–H and O–H groups in total. The predicted octanol–water partition coefficient (Wildman–Crippen LogP) is -0.127. The quantitative estimate of drug-likeness (QED) is 0.693. The van der Waals surface area contributed by atoms with Gasteiger partial charge in [-0.25, -0.2) is 18.4 Å². The average molecular weight is 213 g/mol. The molecule has 1 aliphatic heterocycles. The molecule has 14 heavy (non-hydrogen) atoms. The minimum Gasteiger partial charge on any atom is -0.307 e. The van der Waals surface area contributed by atoms with Crippen molar-refractivity contribution in [2.24, 2.45) is 0 Å². The van der Waals surface area contributed by atoms with E-state index < -0.39 is 9.84 Å². The molecule has 5 nitrogen and oxygen atoms in total. The standard InChI is InChI=1S/C8H11N3O2S/c1-2-14(12,13)8-10-4-6-3-9-5-7(6)11-8/h4,9H,2-3,5H2,1H3. The summed E-state index contributed by atoms with van der Waals surface area (Å²) in [5, 5.41) is 3.03. The van der Waals surface area contributed by atoms with Crippen molar-refractivity contribution in [1.29, 1.82) is 0 Å². The summed E-state index contributed by atoms with van der Waals surface area (Å²) < 4.78 is 22.9. The van der Waals surface area contributed by atoms with E-state index in [1.807, 2.05) is 0 Å². The van der Waals surface area contributed by atoms with Crippen LogP contribution < -0.4 is 5.32 Å². The van der Waals surface area contributed by atoms with E-state index in [0.29, 0.717) is 6.54 Å². The van der Waals surface area contributed by atoms with Gasteiger partial charge in [-0.1, -0.05) is 6.92 Å². The van der Waals surface area contributed by atoms with Crippen LogP contribution in [0.4, 0.5) is 0 Å². The topological polar surface area (TPSA) is 72.0 Å². The van der Waals surface area contributed by atoms with Gasteiger partial charge in [0.2, 0.25) is 15.0 Å². The van der Waals surface area contributed by atoms with Gasteiger partial charge in [-0.05, 0) is 0 Å². The molecule has 1 aromatic heterocycles. The van der Waals surface area contributed by atoms with Gasteiger partial charge in [0.25, 0.3) is 0 Å². The summed E-state index contributed by atoms with van der Waals surface area (Å²) in [4.78, 5) is 7.89. The summed E-state index contributed by atoms with van der Waals surface area (Å²) in [6.07, 6.45) is 1.59. The van der Waals surface area contributed by atoms with Gasteiger partial charge in [0.15, 0.2) is 0 Å². The smallest absolute Gasteiger partial charge is 0.247 e. The van der Waals surface area contributed by atoms with E-state index in [4.69, 9.17) is 0 Å². The Balaban J connectivity index is 2.48. The van der Waals surface area contributed by atoms with Crippen LogP contribution in [0.3, 0.4) is 0 Å². The van der Waals surface area contributed by atoms with E-state index in [2.05, 4.69) is 15.3 Å². The van der Waals surface area contributed by atoms with Gasteiger partial charge >= 0.3 is 0 Å². The van der Waals surface area contributed by atoms with Gasteiger partial charge in [0.05, 0.1) is 11.4 Å². The highest BCUT2D eigenvalue weighted by Crippen LogP contribution is 2.13. The average Bonchev–Trinajstić information content (AvgIpc) is 2.64. The lowest BCUT2D eigenvalue weighted by Gasteiger charge is -2.01. The third kappa shape index (κ3) is 1.51. The Morgan fingerprint density at radius 3 is 3.00 bits per heavy atom. The fourth-order valence-electron chi connectivity index (χ4n) is 1.32. The van der Waals surface area contributed by atoms with E-state index >= 15 is 0 Å².